The lowest BCUT2D eigenvalue weighted by Crippen LogP contribution is -2.10. The molecule has 3 aromatic rings. The summed E-state index contributed by atoms with van der Waals surface area (Å²) in [6.07, 6.45) is 0. The van der Waals surface area contributed by atoms with Gasteiger partial charge in [0.05, 0.1) is 0 Å². The van der Waals surface area contributed by atoms with Crippen molar-refractivity contribution in [3.05, 3.63) is 65.2 Å². The first-order valence-electron chi connectivity index (χ1n) is 8.53. The molecule has 1 heterocycles. The Bertz CT molecular complexity index is 840. The van der Waals surface area contributed by atoms with Crippen molar-refractivity contribution in [2.75, 3.05) is 0 Å². The minimum Gasteiger partial charge on any atom is -0.305 e. The molecule has 1 aromatic heterocycles. The summed E-state index contributed by atoms with van der Waals surface area (Å²) >= 11 is 1.72. The van der Waals surface area contributed by atoms with Crippen molar-refractivity contribution in [3.63, 3.8) is 0 Å². The van der Waals surface area contributed by atoms with Crippen LogP contribution in [0.15, 0.2) is 53.7 Å². The first-order chi connectivity index (χ1) is 11.8. The first kappa shape index (κ1) is 17.7. The summed E-state index contributed by atoms with van der Waals surface area (Å²) in [5, 5.41) is 9.67. The Morgan fingerprint density at radius 3 is 2.16 bits per heavy atom. The van der Waals surface area contributed by atoms with Crippen LogP contribution in [0.25, 0.3) is 11.4 Å². The largest absolute Gasteiger partial charge is 0.305 e. The predicted octanol–water partition coefficient (Wildman–Crippen LogP) is 5.38. The van der Waals surface area contributed by atoms with E-state index in [1.54, 1.807) is 11.8 Å². The third kappa shape index (κ3) is 4.13. The maximum Gasteiger partial charge on any atom is 0.191 e. The lowest BCUT2D eigenvalue weighted by atomic mass is 9.87. The van der Waals surface area contributed by atoms with E-state index in [4.69, 9.17) is 0 Å². The van der Waals surface area contributed by atoms with Gasteiger partial charge in [0.2, 0.25) is 0 Å². The Morgan fingerprint density at radius 1 is 0.920 bits per heavy atom. The molecule has 3 nitrogen and oxygen atoms in total. The molecule has 0 saturated heterocycles. The van der Waals surface area contributed by atoms with Gasteiger partial charge in [0, 0.05) is 18.4 Å². The highest BCUT2D eigenvalue weighted by molar-refractivity contribution is 7.98. The van der Waals surface area contributed by atoms with Crippen molar-refractivity contribution in [2.24, 2.45) is 7.05 Å². The van der Waals surface area contributed by atoms with Crippen LogP contribution < -0.4 is 0 Å². The molecule has 130 valence electrons. The van der Waals surface area contributed by atoms with E-state index < -0.39 is 0 Å². The van der Waals surface area contributed by atoms with Gasteiger partial charge < -0.3 is 4.57 Å². The topological polar surface area (TPSA) is 30.7 Å². The number of hydrogen-bond acceptors (Lipinski definition) is 3. The van der Waals surface area contributed by atoms with Gasteiger partial charge in [-0.3, -0.25) is 0 Å². The van der Waals surface area contributed by atoms with E-state index in [-0.39, 0.29) is 5.41 Å². The van der Waals surface area contributed by atoms with Crippen LogP contribution in [-0.4, -0.2) is 14.8 Å². The summed E-state index contributed by atoms with van der Waals surface area (Å²) in [4.78, 5) is 0. The molecule has 0 fully saturated rings. The number of hydrogen-bond donors (Lipinski definition) is 0. The lowest BCUT2D eigenvalue weighted by molar-refractivity contribution is 0.590. The SMILES string of the molecule is Cc1ccc(-c2nnc(SCc3ccc(C(C)(C)C)cc3)n2C)cc1. The van der Waals surface area contributed by atoms with E-state index in [0.29, 0.717) is 0 Å². The molecular weight excluding hydrogens is 326 g/mol. The minimum absolute atomic E-state index is 0.193. The highest BCUT2D eigenvalue weighted by atomic mass is 32.2. The Kier molecular flexibility index (Phi) is 5.00. The van der Waals surface area contributed by atoms with Crippen LogP contribution in [0.2, 0.25) is 0 Å². The summed E-state index contributed by atoms with van der Waals surface area (Å²) in [5.74, 6) is 1.80. The van der Waals surface area contributed by atoms with Crippen LogP contribution in [0.4, 0.5) is 0 Å². The van der Waals surface area contributed by atoms with Gasteiger partial charge in [-0.1, -0.05) is 86.6 Å². The normalized spacial score (nSPS) is 11.7. The summed E-state index contributed by atoms with van der Waals surface area (Å²) in [7, 11) is 2.03. The van der Waals surface area contributed by atoms with Gasteiger partial charge >= 0.3 is 0 Å². The molecule has 0 aliphatic heterocycles. The van der Waals surface area contributed by atoms with Crippen LogP contribution in [0.5, 0.6) is 0 Å². The highest BCUT2D eigenvalue weighted by Crippen LogP contribution is 2.27. The average Bonchev–Trinajstić information content (AvgIpc) is 2.94. The third-order valence-corrected chi connectivity index (χ3v) is 5.42. The molecule has 0 bridgehead atoms. The molecule has 25 heavy (non-hydrogen) atoms. The van der Waals surface area contributed by atoms with E-state index in [1.807, 2.05) is 7.05 Å². The fourth-order valence-electron chi connectivity index (χ4n) is 2.64. The van der Waals surface area contributed by atoms with E-state index in [2.05, 4.69) is 91.0 Å². The van der Waals surface area contributed by atoms with E-state index in [9.17, 15) is 0 Å². The zero-order chi connectivity index (χ0) is 18.0. The van der Waals surface area contributed by atoms with Crippen LogP contribution in [0, 0.1) is 6.92 Å². The summed E-state index contributed by atoms with van der Waals surface area (Å²) in [6, 6.07) is 17.3. The third-order valence-electron chi connectivity index (χ3n) is 4.33. The number of aryl methyl sites for hydroxylation is 1. The van der Waals surface area contributed by atoms with Crippen LogP contribution in [0.3, 0.4) is 0 Å². The minimum atomic E-state index is 0.193. The smallest absolute Gasteiger partial charge is 0.191 e. The number of nitrogens with zero attached hydrogens (tertiary/aromatic N) is 3. The lowest BCUT2D eigenvalue weighted by Gasteiger charge is -2.19. The second kappa shape index (κ2) is 7.04. The molecule has 2 aromatic carbocycles. The Balaban J connectivity index is 1.71. The number of aromatic nitrogens is 3. The zero-order valence-electron chi connectivity index (χ0n) is 15.6. The molecule has 4 heteroatoms. The summed E-state index contributed by atoms with van der Waals surface area (Å²) in [5.41, 5.74) is 5.21. The Labute approximate surface area is 154 Å². The maximum absolute atomic E-state index is 4.37. The molecule has 0 atom stereocenters. The molecule has 0 saturated carbocycles. The average molecular weight is 352 g/mol. The van der Waals surface area contributed by atoms with Gasteiger partial charge in [0.1, 0.15) is 0 Å². The first-order valence-corrected chi connectivity index (χ1v) is 9.52. The van der Waals surface area contributed by atoms with Crippen LogP contribution in [-0.2, 0) is 18.2 Å². The number of thioether (sulfide) groups is 1. The van der Waals surface area contributed by atoms with E-state index in [0.717, 1.165) is 22.3 Å². The quantitative estimate of drug-likeness (QED) is 0.591. The maximum atomic E-state index is 4.37. The summed E-state index contributed by atoms with van der Waals surface area (Å²) in [6.45, 7) is 8.81. The molecule has 0 unspecified atom stereocenters. The molecule has 0 radical (unpaired) electrons. The van der Waals surface area contributed by atoms with Crippen molar-refractivity contribution in [1.82, 2.24) is 14.8 Å². The Morgan fingerprint density at radius 2 is 1.56 bits per heavy atom. The van der Waals surface area contributed by atoms with Crippen molar-refractivity contribution in [1.29, 1.82) is 0 Å². The zero-order valence-corrected chi connectivity index (χ0v) is 16.4. The highest BCUT2D eigenvalue weighted by Gasteiger charge is 2.14. The van der Waals surface area contributed by atoms with Gasteiger partial charge in [-0.2, -0.15) is 0 Å². The van der Waals surface area contributed by atoms with E-state index in [1.165, 1.54) is 16.7 Å². The second-order valence-electron chi connectivity index (χ2n) is 7.47. The van der Waals surface area contributed by atoms with Crippen LogP contribution in [0.1, 0.15) is 37.5 Å². The van der Waals surface area contributed by atoms with Crippen LogP contribution >= 0.6 is 11.8 Å². The molecule has 0 aliphatic carbocycles. The molecule has 0 amide bonds. The standard InChI is InChI=1S/C21H25N3S/c1-15-6-10-17(11-7-15)19-22-23-20(24(19)5)25-14-16-8-12-18(13-9-16)21(2,3)4/h6-13H,14H2,1-5H3. The number of benzene rings is 2. The fourth-order valence-corrected chi connectivity index (χ4v) is 3.51. The van der Waals surface area contributed by atoms with Gasteiger partial charge in [-0.25, -0.2) is 0 Å². The monoisotopic (exact) mass is 351 g/mol. The summed E-state index contributed by atoms with van der Waals surface area (Å²) < 4.78 is 2.07. The van der Waals surface area contributed by atoms with Crippen molar-refractivity contribution in [2.45, 2.75) is 44.0 Å². The number of rotatable bonds is 4. The molecule has 0 N–H and O–H groups in total. The second-order valence-corrected chi connectivity index (χ2v) is 8.41. The van der Waals surface area contributed by atoms with Gasteiger partial charge in [0.25, 0.3) is 0 Å². The molecule has 0 spiro atoms. The Hall–Kier alpha value is -2.07. The fraction of sp³-hybridized carbons (Fsp3) is 0.333. The van der Waals surface area contributed by atoms with Crippen molar-refractivity contribution >= 4 is 11.8 Å². The molecule has 3 rings (SSSR count). The molecular formula is C21H25N3S. The van der Waals surface area contributed by atoms with Gasteiger partial charge in [-0.05, 0) is 23.5 Å². The van der Waals surface area contributed by atoms with Gasteiger partial charge in [0.15, 0.2) is 11.0 Å². The predicted molar refractivity (Wildman–Crippen MR) is 106 cm³/mol. The van der Waals surface area contributed by atoms with Crippen molar-refractivity contribution < 1.29 is 0 Å². The van der Waals surface area contributed by atoms with E-state index >= 15 is 0 Å². The van der Waals surface area contributed by atoms with Crippen molar-refractivity contribution in [3.8, 4) is 11.4 Å². The van der Waals surface area contributed by atoms with Gasteiger partial charge in [-0.15, -0.1) is 10.2 Å². The molecule has 0 aliphatic rings.